The molecule has 0 radical (unpaired) electrons. The Labute approximate surface area is 82.6 Å². The Kier molecular flexibility index (Phi) is 3.68. The maximum Gasteiger partial charge on any atom is 0.194 e. The number of aromatic nitrogens is 2. The topological polar surface area (TPSA) is 63.2 Å². The lowest BCUT2D eigenvalue weighted by molar-refractivity contribution is 0.344. The van der Waals surface area contributed by atoms with E-state index in [9.17, 15) is 0 Å². The molecule has 1 aromatic rings. The average molecular weight is 192 g/mol. The van der Waals surface area contributed by atoms with Crippen LogP contribution < -0.4 is 0 Å². The molecule has 0 aromatic carbocycles. The van der Waals surface area contributed by atoms with Crippen LogP contribution in [-0.2, 0) is 11.3 Å². The molecule has 74 valence electrons. The van der Waals surface area contributed by atoms with Crippen molar-refractivity contribution in [2.75, 3.05) is 6.61 Å². The molecular formula is C9H12N4O. The molecule has 5 heteroatoms. The van der Waals surface area contributed by atoms with Gasteiger partial charge in [-0.1, -0.05) is 0 Å². The van der Waals surface area contributed by atoms with E-state index in [4.69, 9.17) is 10.00 Å². The quantitative estimate of drug-likeness (QED) is 0.536. The largest absolute Gasteiger partial charge is 0.483 e. The Balaban J connectivity index is 2.85. The highest BCUT2D eigenvalue weighted by Crippen LogP contribution is 2.14. The lowest BCUT2D eigenvalue weighted by atomic mass is 10.4. The second-order valence-corrected chi connectivity index (χ2v) is 2.52. The van der Waals surface area contributed by atoms with Gasteiger partial charge in [-0.15, -0.1) is 0 Å². The standard InChI is InChI=1S/C9H12N4O/c1-3-13-6-8(5-10)9(12-13)11-7-14-4-2/h6-7H,3-4H2,1-2H3. The third-order valence-corrected chi connectivity index (χ3v) is 1.60. The Bertz CT molecular complexity index is 361. The highest BCUT2D eigenvalue weighted by Gasteiger charge is 2.05. The smallest absolute Gasteiger partial charge is 0.194 e. The average Bonchev–Trinajstić information content (AvgIpc) is 2.61. The number of rotatable bonds is 4. The van der Waals surface area contributed by atoms with Crippen LogP contribution in [0, 0.1) is 11.3 Å². The highest BCUT2D eigenvalue weighted by atomic mass is 16.5. The van der Waals surface area contributed by atoms with Crippen LogP contribution in [0.15, 0.2) is 11.2 Å². The molecule has 0 N–H and O–H groups in total. The molecule has 1 rings (SSSR count). The minimum Gasteiger partial charge on any atom is -0.483 e. The maximum absolute atomic E-state index is 8.77. The predicted molar refractivity (Wildman–Crippen MR) is 52.4 cm³/mol. The van der Waals surface area contributed by atoms with Crippen molar-refractivity contribution in [2.45, 2.75) is 20.4 Å². The van der Waals surface area contributed by atoms with Crippen molar-refractivity contribution in [2.24, 2.45) is 4.99 Å². The second kappa shape index (κ2) is 5.02. The molecule has 0 fully saturated rings. The number of aryl methyl sites for hydroxylation is 1. The first kappa shape index (κ1) is 10.3. The Hall–Kier alpha value is -1.83. The summed E-state index contributed by atoms with van der Waals surface area (Å²) in [5.74, 6) is 0.405. The number of hydrogen-bond acceptors (Lipinski definition) is 4. The summed E-state index contributed by atoms with van der Waals surface area (Å²) in [6, 6.07) is 2.02. The van der Waals surface area contributed by atoms with Crippen LogP contribution in [0.5, 0.6) is 0 Å². The zero-order valence-corrected chi connectivity index (χ0v) is 8.27. The number of ether oxygens (including phenoxy) is 1. The van der Waals surface area contributed by atoms with Gasteiger partial charge in [-0.25, -0.2) is 0 Å². The van der Waals surface area contributed by atoms with Gasteiger partial charge in [0.05, 0.1) is 6.61 Å². The summed E-state index contributed by atoms with van der Waals surface area (Å²) in [7, 11) is 0. The first-order valence-electron chi connectivity index (χ1n) is 4.43. The van der Waals surface area contributed by atoms with E-state index >= 15 is 0 Å². The van der Waals surface area contributed by atoms with E-state index in [0.29, 0.717) is 18.0 Å². The van der Waals surface area contributed by atoms with Crippen LogP contribution in [0.3, 0.4) is 0 Å². The lowest BCUT2D eigenvalue weighted by Gasteiger charge is -1.91. The van der Waals surface area contributed by atoms with E-state index in [1.54, 1.807) is 10.9 Å². The lowest BCUT2D eigenvalue weighted by Crippen LogP contribution is -1.92. The molecule has 0 atom stereocenters. The normalized spacial score (nSPS) is 10.4. The molecule has 0 amide bonds. The molecule has 0 aliphatic carbocycles. The van der Waals surface area contributed by atoms with Crippen LogP contribution in [-0.4, -0.2) is 22.8 Å². The van der Waals surface area contributed by atoms with Gasteiger partial charge in [0.1, 0.15) is 11.6 Å². The van der Waals surface area contributed by atoms with Gasteiger partial charge in [-0.3, -0.25) is 4.68 Å². The molecule has 1 aromatic heterocycles. The Morgan fingerprint density at radius 2 is 2.50 bits per heavy atom. The summed E-state index contributed by atoms with van der Waals surface area (Å²) >= 11 is 0. The molecule has 14 heavy (non-hydrogen) atoms. The molecular weight excluding hydrogens is 180 g/mol. The maximum atomic E-state index is 8.77. The van der Waals surface area contributed by atoms with E-state index in [0.717, 1.165) is 6.54 Å². The van der Waals surface area contributed by atoms with Crippen LogP contribution in [0.25, 0.3) is 0 Å². The predicted octanol–water partition coefficient (Wildman–Crippen LogP) is 1.47. The Morgan fingerprint density at radius 1 is 1.71 bits per heavy atom. The molecule has 0 saturated carbocycles. The minimum absolute atomic E-state index is 0.405. The van der Waals surface area contributed by atoms with Crippen LogP contribution in [0.2, 0.25) is 0 Å². The second-order valence-electron chi connectivity index (χ2n) is 2.52. The molecule has 0 spiro atoms. The van der Waals surface area contributed by atoms with Gasteiger partial charge in [0, 0.05) is 12.7 Å². The van der Waals surface area contributed by atoms with E-state index in [2.05, 4.69) is 10.1 Å². The number of hydrogen-bond donors (Lipinski definition) is 0. The monoisotopic (exact) mass is 192 g/mol. The van der Waals surface area contributed by atoms with Crippen molar-refractivity contribution in [3.63, 3.8) is 0 Å². The number of nitriles is 1. The fraction of sp³-hybridized carbons (Fsp3) is 0.444. The van der Waals surface area contributed by atoms with E-state index in [1.165, 1.54) is 6.40 Å². The fourth-order valence-corrected chi connectivity index (χ4v) is 0.909. The van der Waals surface area contributed by atoms with Crippen molar-refractivity contribution >= 4 is 12.2 Å². The summed E-state index contributed by atoms with van der Waals surface area (Å²) in [5, 5.41) is 12.9. The molecule has 5 nitrogen and oxygen atoms in total. The van der Waals surface area contributed by atoms with Gasteiger partial charge in [0.2, 0.25) is 0 Å². The first-order chi connectivity index (χ1) is 6.81. The van der Waals surface area contributed by atoms with Gasteiger partial charge < -0.3 is 4.74 Å². The third kappa shape index (κ3) is 2.33. The third-order valence-electron chi connectivity index (χ3n) is 1.60. The highest BCUT2D eigenvalue weighted by molar-refractivity contribution is 5.57. The fourth-order valence-electron chi connectivity index (χ4n) is 0.909. The summed E-state index contributed by atoms with van der Waals surface area (Å²) in [5.41, 5.74) is 0.461. The van der Waals surface area contributed by atoms with Crippen molar-refractivity contribution in [3.8, 4) is 6.07 Å². The van der Waals surface area contributed by atoms with Crippen LogP contribution in [0.1, 0.15) is 19.4 Å². The zero-order chi connectivity index (χ0) is 10.4. The summed E-state index contributed by atoms with van der Waals surface area (Å²) in [4.78, 5) is 3.93. The minimum atomic E-state index is 0.405. The van der Waals surface area contributed by atoms with Gasteiger partial charge in [0.25, 0.3) is 0 Å². The van der Waals surface area contributed by atoms with E-state index in [1.807, 2.05) is 19.9 Å². The number of nitrogens with zero attached hydrogens (tertiary/aromatic N) is 4. The molecule has 0 saturated heterocycles. The van der Waals surface area contributed by atoms with Gasteiger partial charge in [-0.2, -0.15) is 15.4 Å². The van der Waals surface area contributed by atoms with Crippen molar-refractivity contribution in [1.29, 1.82) is 5.26 Å². The van der Waals surface area contributed by atoms with Crippen molar-refractivity contribution < 1.29 is 4.74 Å². The molecule has 0 bridgehead atoms. The summed E-state index contributed by atoms with van der Waals surface area (Å²) < 4.78 is 6.59. The van der Waals surface area contributed by atoms with Crippen molar-refractivity contribution in [3.05, 3.63) is 11.8 Å². The van der Waals surface area contributed by atoms with E-state index < -0.39 is 0 Å². The van der Waals surface area contributed by atoms with Crippen LogP contribution >= 0.6 is 0 Å². The van der Waals surface area contributed by atoms with Crippen molar-refractivity contribution in [1.82, 2.24) is 9.78 Å². The van der Waals surface area contributed by atoms with E-state index in [-0.39, 0.29) is 0 Å². The molecule has 0 unspecified atom stereocenters. The molecule has 0 aliphatic rings. The number of aliphatic imine (C=N–C) groups is 1. The summed E-state index contributed by atoms with van der Waals surface area (Å²) in [6.45, 7) is 5.09. The van der Waals surface area contributed by atoms with Gasteiger partial charge in [0.15, 0.2) is 12.2 Å². The first-order valence-corrected chi connectivity index (χ1v) is 4.43. The molecule has 1 heterocycles. The summed E-state index contributed by atoms with van der Waals surface area (Å²) in [6.07, 6.45) is 2.97. The Morgan fingerprint density at radius 3 is 3.07 bits per heavy atom. The van der Waals surface area contributed by atoms with Crippen LogP contribution in [0.4, 0.5) is 5.82 Å². The molecule has 0 aliphatic heterocycles. The van der Waals surface area contributed by atoms with Gasteiger partial charge in [-0.05, 0) is 13.8 Å². The SMILES string of the molecule is CCOC=Nc1nn(CC)cc1C#N. The zero-order valence-electron chi connectivity index (χ0n) is 8.27. The van der Waals surface area contributed by atoms with Gasteiger partial charge >= 0.3 is 0 Å².